The molecule has 0 spiro atoms. The second-order valence-electron chi connectivity index (χ2n) is 4.12. The fraction of sp³-hybridized carbons (Fsp3) is 0.154. The molecule has 0 radical (unpaired) electrons. The third kappa shape index (κ3) is 3.18. The molecule has 7 heteroatoms. The highest BCUT2D eigenvalue weighted by atomic mass is 35.5. The van der Waals surface area contributed by atoms with Crippen molar-refractivity contribution in [3.63, 3.8) is 0 Å². The first-order valence-electron chi connectivity index (χ1n) is 5.77. The molecule has 104 valence electrons. The predicted molar refractivity (Wildman–Crippen MR) is 79.5 cm³/mol. The molecule has 1 aromatic heterocycles. The Kier molecular flexibility index (Phi) is 4.42. The molecule has 20 heavy (non-hydrogen) atoms. The molecule has 0 unspecified atom stereocenters. The topological polar surface area (TPSA) is 59.3 Å². The molecule has 1 heterocycles. The van der Waals surface area contributed by atoms with Crippen molar-refractivity contribution in [1.82, 2.24) is 15.2 Å². The summed E-state index contributed by atoms with van der Waals surface area (Å²) >= 11 is 11.8. The van der Waals surface area contributed by atoms with Crippen molar-refractivity contribution in [2.75, 3.05) is 0 Å². The first kappa shape index (κ1) is 14.6. The van der Waals surface area contributed by atoms with E-state index < -0.39 is 0 Å². The Balaban J connectivity index is 2.06. The van der Waals surface area contributed by atoms with Gasteiger partial charge in [-0.15, -0.1) is 0 Å². The Hall–Kier alpha value is -1.85. The minimum absolute atomic E-state index is 0.324. The molecule has 0 aliphatic carbocycles. The van der Waals surface area contributed by atoms with Gasteiger partial charge in [-0.25, -0.2) is 5.43 Å². The van der Waals surface area contributed by atoms with E-state index in [0.29, 0.717) is 21.3 Å². The van der Waals surface area contributed by atoms with Crippen molar-refractivity contribution in [3.8, 4) is 0 Å². The van der Waals surface area contributed by atoms with Crippen LogP contribution >= 0.6 is 23.2 Å². The average Bonchev–Trinajstić information content (AvgIpc) is 2.65. The van der Waals surface area contributed by atoms with E-state index in [1.165, 1.54) is 6.21 Å². The van der Waals surface area contributed by atoms with Gasteiger partial charge >= 0.3 is 0 Å². The molecule has 2 aromatic rings. The summed E-state index contributed by atoms with van der Waals surface area (Å²) < 4.78 is 1.54. The van der Waals surface area contributed by atoms with Crippen LogP contribution in [-0.4, -0.2) is 21.9 Å². The van der Waals surface area contributed by atoms with Crippen molar-refractivity contribution in [2.24, 2.45) is 12.1 Å². The first-order valence-corrected chi connectivity index (χ1v) is 6.52. The van der Waals surface area contributed by atoms with Crippen LogP contribution in [0.15, 0.2) is 29.4 Å². The van der Waals surface area contributed by atoms with Gasteiger partial charge in [-0.2, -0.15) is 10.2 Å². The summed E-state index contributed by atoms with van der Waals surface area (Å²) in [4.78, 5) is 11.8. The fourth-order valence-corrected chi connectivity index (χ4v) is 1.96. The van der Waals surface area contributed by atoms with E-state index in [1.54, 1.807) is 36.0 Å². The molecule has 0 saturated heterocycles. The number of aryl methyl sites for hydroxylation is 2. The van der Waals surface area contributed by atoms with Gasteiger partial charge in [0.1, 0.15) is 5.15 Å². The maximum absolute atomic E-state index is 11.8. The molecule has 0 bridgehead atoms. The summed E-state index contributed by atoms with van der Waals surface area (Å²) in [6, 6.07) is 6.52. The Bertz CT molecular complexity index is 662. The standard InChI is InChI=1S/C13H12Cl2N4O/c1-8-11(12(15)19(2)18-8)7-16-17-13(20)9-3-5-10(14)6-4-9/h3-7H,1-2H3,(H,17,20). The van der Waals surface area contributed by atoms with Crippen molar-refractivity contribution in [3.05, 3.63) is 51.3 Å². The number of carbonyl (C=O) groups is 1. The lowest BCUT2D eigenvalue weighted by Gasteiger charge is -1.99. The van der Waals surface area contributed by atoms with Gasteiger partial charge in [0.05, 0.1) is 17.5 Å². The van der Waals surface area contributed by atoms with E-state index in [0.717, 1.165) is 5.69 Å². The van der Waals surface area contributed by atoms with Crippen LogP contribution in [0.5, 0.6) is 0 Å². The van der Waals surface area contributed by atoms with Crippen LogP contribution in [0.1, 0.15) is 21.6 Å². The maximum Gasteiger partial charge on any atom is 0.271 e. The van der Waals surface area contributed by atoms with E-state index >= 15 is 0 Å². The third-order valence-electron chi connectivity index (χ3n) is 2.66. The summed E-state index contributed by atoms with van der Waals surface area (Å²) in [6.45, 7) is 1.81. The van der Waals surface area contributed by atoms with Crippen LogP contribution in [0.2, 0.25) is 10.2 Å². The molecular formula is C13H12Cl2N4O. The number of rotatable bonds is 3. The SMILES string of the molecule is Cc1nn(C)c(Cl)c1C=NNC(=O)c1ccc(Cl)cc1. The van der Waals surface area contributed by atoms with Crippen molar-refractivity contribution >= 4 is 35.3 Å². The maximum atomic E-state index is 11.8. The predicted octanol–water partition coefficient (Wildman–Crippen LogP) is 2.80. The highest BCUT2D eigenvalue weighted by Gasteiger charge is 2.09. The molecule has 0 aliphatic heterocycles. The lowest BCUT2D eigenvalue weighted by Crippen LogP contribution is -2.17. The minimum Gasteiger partial charge on any atom is -0.267 e. The number of aromatic nitrogens is 2. The molecule has 5 nitrogen and oxygen atoms in total. The molecule has 0 saturated carbocycles. The van der Waals surface area contributed by atoms with Crippen LogP contribution in [0.4, 0.5) is 0 Å². The zero-order valence-electron chi connectivity index (χ0n) is 10.9. The molecule has 1 aromatic carbocycles. The van der Waals surface area contributed by atoms with Crippen molar-refractivity contribution < 1.29 is 4.79 Å². The third-order valence-corrected chi connectivity index (χ3v) is 3.36. The average molecular weight is 311 g/mol. The summed E-state index contributed by atoms with van der Waals surface area (Å²) in [5.41, 5.74) is 4.30. The van der Waals surface area contributed by atoms with E-state index in [1.807, 2.05) is 6.92 Å². The summed E-state index contributed by atoms with van der Waals surface area (Å²) in [6.07, 6.45) is 1.47. The number of carbonyl (C=O) groups excluding carboxylic acids is 1. The molecule has 0 atom stereocenters. The normalized spacial score (nSPS) is 11.0. The second-order valence-corrected chi connectivity index (χ2v) is 4.91. The van der Waals surface area contributed by atoms with E-state index in [4.69, 9.17) is 23.2 Å². The highest BCUT2D eigenvalue weighted by molar-refractivity contribution is 6.32. The van der Waals surface area contributed by atoms with Crippen molar-refractivity contribution in [2.45, 2.75) is 6.92 Å². The Labute approximate surface area is 126 Å². The van der Waals surface area contributed by atoms with Gasteiger partial charge in [-0.1, -0.05) is 23.2 Å². The quantitative estimate of drug-likeness (QED) is 0.700. The Morgan fingerprint density at radius 1 is 1.35 bits per heavy atom. The fourth-order valence-electron chi connectivity index (χ4n) is 1.61. The number of hydrogen-bond acceptors (Lipinski definition) is 3. The van der Waals surface area contributed by atoms with Gasteiger partial charge in [-0.05, 0) is 31.2 Å². The molecule has 0 fully saturated rings. The number of hydrogen-bond donors (Lipinski definition) is 1. The van der Waals surface area contributed by atoms with Crippen LogP contribution in [0.3, 0.4) is 0 Å². The summed E-state index contributed by atoms with van der Waals surface area (Å²) in [5.74, 6) is -0.324. The van der Waals surface area contributed by atoms with Gasteiger partial charge < -0.3 is 0 Å². The number of amides is 1. The zero-order valence-corrected chi connectivity index (χ0v) is 12.4. The van der Waals surface area contributed by atoms with E-state index in [9.17, 15) is 4.79 Å². The van der Waals surface area contributed by atoms with Crippen LogP contribution in [-0.2, 0) is 7.05 Å². The van der Waals surface area contributed by atoms with Gasteiger partial charge in [0, 0.05) is 17.6 Å². The number of nitrogens with zero attached hydrogens (tertiary/aromatic N) is 3. The number of halogens is 2. The number of hydrazone groups is 1. The minimum atomic E-state index is -0.324. The smallest absolute Gasteiger partial charge is 0.267 e. The monoisotopic (exact) mass is 310 g/mol. The second kappa shape index (κ2) is 6.07. The van der Waals surface area contributed by atoms with Gasteiger partial charge in [-0.3, -0.25) is 9.48 Å². The Morgan fingerprint density at radius 3 is 2.55 bits per heavy atom. The lowest BCUT2D eigenvalue weighted by atomic mass is 10.2. The first-order chi connectivity index (χ1) is 9.49. The molecule has 1 amide bonds. The molecule has 1 N–H and O–H groups in total. The van der Waals surface area contributed by atoms with Gasteiger partial charge in [0.15, 0.2) is 0 Å². The Morgan fingerprint density at radius 2 is 2.00 bits per heavy atom. The zero-order chi connectivity index (χ0) is 14.7. The largest absolute Gasteiger partial charge is 0.271 e. The number of nitrogens with one attached hydrogen (secondary N) is 1. The summed E-state index contributed by atoms with van der Waals surface area (Å²) in [7, 11) is 1.74. The van der Waals surface area contributed by atoms with Crippen LogP contribution < -0.4 is 5.43 Å². The lowest BCUT2D eigenvalue weighted by molar-refractivity contribution is 0.0955. The van der Waals surface area contributed by atoms with Gasteiger partial charge in [0.2, 0.25) is 0 Å². The van der Waals surface area contributed by atoms with Crippen LogP contribution in [0, 0.1) is 6.92 Å². The highest BCUT2D eigenvalue weighted by Crippen LogP contribution is 2.16. The summed E-state index contributed by atoms with van der Waals surface area (Å²) in [5, 5.41) is 9.06. The molecule has 2 rings (SSSR count). The van der Waals surface area contributed by atoms with E-state index in [2.05, 4.69) is 15.6 Å². The van der Waals surface area contributed by atoms with E-state index in [-0.39, 0.29) is 5.91 Å². The van der Waals surface area contributed by atoms with Crippen LogP contribution in [0.25, 0.3) is 0 Å². The molecular weight excluding hydrogens is 299 g/mol. The molecule has 0 aliphatic rings. The number of benzene rings is 1. The van der Waals surface area contributed by atoms with Crippen molar-refractivity contribution in [1.29, 1.82) is 0 Å². The van der Waals surface area contributed by atoms with Gasteiger partial charge in [0.25, 0.3) is 5.91 Å².